The van der Waals surface area contributed by atoms with Gasteiger partial charge in [-0.1, -0.05) is 17.7 Å². The van der Waals surface area contributed by atoms with Crippen LogP contribution in [0.5, 0.6) is 0 Å². The van der Waals surface area contributed by atoms with E-state index in [0.29, 0.717) is 11.7 Å². The summed E-state index contributed by atoms with van der Waals surface area (Å²) in [4.78, 5) is 34.5. The number of rotatable bonds is 5. The minimum absolute atomic E-state index is 0.146. The maximum absolute atomic E-state index is 10.6. The predicted octanol–water partition coefficient (Wildman–Crippen LogP) is 0.541. The lowest BCUT2D eigenvalue weighted by Gasteiger charge is -2.21. The maximum atomic E-state index is 10.6. The summed E-state index contributed by atoms with van der Waals surface area (Å²) in [7, 11) is 0. The van der Waals surface area contributed by atoms with Gasteiger partial charge in [0, 0.05) is 19.3 Å². The van der Waals surface area contributed by atoms with Gasteiger partial charge in [0.2, 0.25) is 0 Å². The van der Waals surface area contributed by atoms with E-state index in [4.69, 9.17) is 16.2 Å². The quantitative estimate of drug-likeness (QED) is 0.332. The van der Waals surface area contributed by atoms with Crippen LogP contribution < -0.4 is 0 Å². The van der Waals surface area contributed by atoms with Crippen LogP contribution in [0, 0.1) is 10.1 Å². The SMILES string of the molecule is O=[N+]([O-])N=C1N(Cc2ccc(Cl)nc2)CCN1OP(O)(O)=S. The third kappa shape index (κ3) is 4.83. The number of hydrogen-bond acceptors (Lipinski definition) is 5. The molecule has 0 atom stereocenters. The van der Waals surface area contributed by atoms with Gasteiger partial charge in [0.05, 0.1) is 6.54 Å². The molecule has 0 spiro atoms. The van der Waals surface area contributed by atoms with Crippen LogP contribution in [0.1, 0.15) is 5.56 Å². The molecule has 1 fully saturated rings. The zero-order valence-corrected chi connectivity index (χ0v) is 13.4. The molecule has 2 rings (SSSR count). The maximum Gasteiger partial charge on any atom is 0.344 e. The second-order valence-corrected chi connectivity index (χ2v) is 7.18. The summed E-state index contributed by atoms with van der Waals surface area (Å²) in [5.74, 6) is -0.169. The first-order valence-corrected chi connectivity index (χ1v) is 8.86. The van der Waals surface area contributed by atoms with E-state index >= 15 is 0 Å². The van der Waals surface area contributed by atoms with Crippen molar-refractivity contribution < 1.29 is 19.4 Å². The van der Waals surface area contributed by atoms with Gasteiger partial charge in [-0.05, 0) is 23.4 Å². The molecular formula is C9H11ClN5O5PS. The first-order valence-electron chi connectivity index (χ1n) is 5.86. The molecule has 0 bridgehead atoms. The van der Waals surface area contributed by atoms with Crippen LogP contribution in [-0.2, 0) is 23.0 Å². The van der Waals surface area contributed by atoms with E-state index in [-0.39, 0.29) is 19.0 Å². The molecule has 120 valence electrons. The number of halogens is 1. The number of nitro groups is 1. The molecule has 1 aliphatic heterocycles. The van der Waals surface area contributed by atoms with E-state index in [1.54, 1.807) is 12.1 Å². The molecule has 1 saturated heterocycles. The topological polar surface area (TPSA) is 125 Å². The molecule has 0 unspecified atom stereocenters. The molecule has 1 aliphatic rings. The molecule has 0 aromatic carbocycles. The van der Waals surface area contributed by atoms with E-state index in [2.05, 4.69) is 21.9 Å². The molecule has 0 saturated carbocycles. The number of aromatic nitrogens is 1. The smallest absolute Gasteiger partial charge is 0.330 e. The Balaban J connectivity index is 2.18. The predicted molar refractivity (Wildman–Crippen MR) is 80.6 cm³/mol. The Hall–Kier alpha value is -1.36. The third-order valence-electron chi connectivity index (χ3n) is 2.62. The lowest BCUT2D eigenvalue weighted by molar-refractivity contribution is -0.486. The van der Waals surface area contributed by atoms with Crippen molar-refractivity contribution in [3.8, 4) is 0 Å². The molecule has 0 radical (unpaired) electrons. The van der Waals surface area contributed by atoms with Gasteiger partial charge in [0.15, 0.2) is 5.03 Å². The lowest BCUT2D eigenvalue weighted by atomic mass is 10.3. The van der Waals surface area contributed by atoms with Crippen LogP contribution in [0.15, 0.2) is 23.4 Å². The Bertz CT molecular complexity index is 638. The fourth-order valence-corrected chi connectivity index (χ4v) is 2.60. The van der Waals surface area contributed by atoms with E-state index in [0.717, 1.165) is 10.6 Å². The van der Waals surface area contributed by atoms with Gasteiger partial charge in [-0.15, -0.1) is 0 Å². The van der Waals surface area contributed by atoms with Gasteiger partial charge < -0.3 is 14.7 Å². The van der Waals surface area contributed by atoms with Crippen molar-refractivity contribution in [2.75, 3.05) is 13.1 Å². The first-order chi connectivity index (χ1) is 10.2. The van der Waals surface area contributed by atoms with Gasteiger partial charge in [0.25, 0.3) is 5.96 Å². The van der Waals surface area contributed by atoms with E-state index < -0.39 is 11.8 Å². The molecule has 2 N–H and O–H groups in total. The molecule has 0 aliphatic carbocycles. The Morgan fingerprint density at radius 3 is 2.82 bits per heavy atom. The van der Waals surface area contributed by atoms with Crippen LogP contribution in [0.2, 0.25) is 5.15 Å². The van der Waals surface area contributed by atoms with Crippen LogP contribution in [0.25, 0.3) is 0 Å². The van der Waals surface area contributed by atoms with E-state index in [9.17, 15) is 19.9 Å². The summed E-state index contributed by atoms with van der Waals surface area (Å²) in [6.07, 6.45) is 1.53. The average molecular weight is 368 g/mol. The molecule has 0 amide bonds. The number of pyridine rings is 1. The van der Waals surface area contributed by atoms with Crippen molar-refractivity contribution in [1.82, 2.24) is 14.9 Å². The summed E-state index contributed by atoms with van der Waals surface area (Å²) < 4.78 is 4.76. The van der Waals surface area contributed by atoms with Crippen molar-refractivity contribution in [3.63, 3.8) is 0 Å². The highest BCUT2D eigenvalue weighted by atomic mass is 35.5. The van der Waals surface area contributed by atoms with Crippen molar-refractivity contribution in [1.29, 1.82) is 0 Å². The highest BCUT2D eigenvalue weighted by Crippen LogP contribution is 2.38. The Morgan fingerprint density at radius 1 is 1.55 bits per heavy atom. The monoisotopic (exact) mass is 367 g/mol. The van der Waals surface area contributed by atoms with Crippen LogP contribution in [-0.4, -0.2) is 48.8 Å². The average Bonchev–Trinajstić information content (AvgIpc) is 2.73. The minimum Gasteiger partial charge on any atom is -0.330 e. The van der Waals surface area contributed by atoms with Crippen molar-refractivity contribution >= 4 is 36.1 Å². The van der Waals surface area contributed by atoms with Crippen molar-refractivity contribution in [3.05, 3.63) is 39.2 Å². The van der Waals surface area contributed by atoms with Gasteiger partial charge in [0.1, 0.15) is 10.3 Å². The lowest BCUT2D eigenvalue weighted by Crippen LogP contribution is -2.33. The summed E-state index contributed by atoms with van der Waals surface area (Å²) in [5.41, 5.74) is 0.745. The Morgan fingerprint density at radius 2 is 2.27 bits per heavy atom. The van der Waals surface area contributed by atoms with Gasteiger partial charge >= 0.3 is 6.72 Å². The van der Waals surface area contributed by atoms with Crippen LogP contribution in [0.4, 0.5) is 0 Å². The van der Waals surface area contributed by atoms with Gasteiger partial charge in [-0.2, -0.15) is 4.62 Å². The molecule has 13 heteroatoms. The molecule has 10 nitrogen and oxygen atoms in total. The molecule has 1 aromatic rings. The number of hydroxylamine groups is 2. The molecular weight excluding hydrogens is 357 g/mol. The number of hydrogen-bond donors (Lipinski definition) is 2. The summed E-state index contributed by atoms with van der Waals surface area (Å²) in [6.45, 7) is -3.28. The van der Waals surface area contributed by atoms with Crippen molar-refractivity contribution in [2.24, 2.45) is 5.10 Å². The standard InChI is InChI=1S/C9H11ClN5O5PS/c10-8-2-1-7(5-11-8)6-13-3-4-14(20-21(18,19)22)9(13)12-15(16)17/h1-2,5H,3-4,6H2,(H2,18,19,22). The zero-order valence-electron chi connectivity index (χ0n) is 10.9. The number of guanidine groups is 1. The summed E-state index contributed by atoms with van der Waals surface area (Å²) in [5, 5.41) is 14.2. The molecule has 1 aromatic heterocycles. The summed E-state index contributed by atoms with van der Waals surface area (Å²) >= 11 is 10.1. The molecule has 22 heavy (non-hydrogen) atoms. The Kier molecular flexibility index (Phi) is 5.27. The number of nitrogens with zero attached hydrogens (tertiary/aromatic N) is 5. The summed E-state index contributed by atoms with van der Waals surface area (Å²) in [6, 6.07) is 3.30. The number of hydrazone groups is 1. The highest BCUT2D eigenvalue weighted by molar-refractivity contribution is 8.06. The largest absolute Gasteiger partial charge is 0.344 e. The fraction of sp³-hybridized carbons (Fsp3) is 0.333. The fourth-order valence-electron chi connectivity index (χ4n) is 1.83. The van der Waals surface area contributed by atoms with Crippen molar-refractivity contribution in [2.45, 2.75) is 6.54 Å². The zero-order chi connectivity index (χ0) is 16.3. The normalized spacial score (nSPS) is 17.3. The van der Waals surface area contributed by atoms with Crippen LogP contribution in [0.3, 0.4) is 0 Å². The second-order valence-electron chi connectivity index (χ2n) is 4.22. The highest BCUT2D eigenvalue weighted by Gasteiger charge is 2.33. The van der Waals surface area contributed by atoms with Gasteiger partial charge in [-0.25, -0.2) is 20.2 Å². The second kappa shape index (κ2) is 6.82. The van der Waals surface area contributed by atoms with E-state index in [1.807, 2.05) is 0 Å². The molecule has 2 heterocycles. The first kappa shape index (κ1) is 17.0. The Labute approximate surface area is 134 Å². The third-order valence-corrected chi connectivity index (χ3v) is 3.45. The van der Waals surface area contributed by atoms with E-state index in [1.165, 1.54) is 11.1 Å². The van der Waals surface area contributed by atoms with Gasteiger partial charge in [-0.3, -0.25) is 0 Å². The minimum atomic E-state index is -4.01. The van der Waals surface area contributed by atoms with Crippen LogP contribution >= 0.6 is 18.3 Å².